The number of carbonyl (C=O) groups excluding carboxylic acids is 1. The van der Waals surface area contributed by atoms with Gasteiger partial charge in [-0.2, -0.15) is 4.99 Å². The van der Waals surface area contributed by atoms with Gasteiger partial charge in [-0.1, -0.05) is 48.5 Å². The van der Waals surface area contributed by atoms with Crippen molar-refractivity contribution in [2.45, 2.75) is 12.2 Å². The molecule has 0 spiro atoms. The lowest BCUT2D eigenvalue weighted by Crippen LogP contribution is -2.48. The number of amides is 1. The highest BCUT2D eigenvalue weighted by molar-refractivity contribution is 6.19. The summed E-state index contributed by atoms with van der Waals surface area (Å²) >= 11 is 0. The number of hydrogen-bond acceptors (Lipinski definition) is 7. The minimum Gasteiger partial charge on any atom is -0.410 e. The molecule has 30 heavy (non-hydrogen) atoms. The number of ether oxygens (including phenoxy) is 2. The second-order valence-electron chi connectivity index (χ2n) is 6.77. The number of benzene rings is 2. The molecule has 9 nitrogen and oxygen atoms in total. The lowest BCUT2D eigenvalue weighted by molar-refractivity contribution is -0.117. The van der Waals surface area contributed by atoms with E-state index in [2.05, 4.69) is 20.6 Å². The molecule has 2 aromatic rings. The van der Waals surface area contributed by atoms with Crippen LogP contribution in [0.2, 0.25) is 0 Å². The minimum atomic E-state index is -1.16. The summed E-state index contributed by atoms with van der Waals surface area (Å²) in [7, 11) is 0. The molecule has 0 radical (unpaired) electrons. The van der Waals surface area contributed by atoms with Gasteiger partial charge in [-0.15, -0.1) is 0 Å². The van der Waals surface area contributed by atoms with Crippen LogP contribution < -0.4 is 16.4 Å². The summed E-state index contributed by atoms with van der Waals surface area (Å²) in [6, 6.07) is 16.2. The number of hydrogen-bond donors (Lipinski definition) is 4. The van der Waals surface area contributed by atoms with Gasteiger partial charge in [-0.25, -0.2) is 4.99 Å². The maximum Gasteiger partial charge on any atom is 0.291 e. The second-order valence-corrected chi connectivity index (χ2v) is 6.77. The monoisotopic (exact) mass is 406 g/mol. The standard InChI is InChI=1S/C21H22N6O3/c22-18(16-12-29-11-10-24-16)30-21(23)27-19-20(28)25-15-9-5-4-8-14(15)17(26-19)13-6-2-1-3-7-13/h1-9,16,19,22,24H,10-12H2,(H2,23,27)(H,25,28). The average molecular weight is 406 g/mol. The Kier molecular flexibility index (Phi) is 5.82. The maximum absolute atomic E-state index is 12.8. The lowest BCUT2D eigenvalue weighted by atomic mass is 10.0. The number of morpholine rings is 1. The largest absolute Gasteiger partial charge is 0.410 e. The summed E-state index contributed by atoms with van der Waals surface area (Å²) in [5.74, 6) is -0.564. The zero-order valence-electron chi connectivity index (χ0n) is 16.2. The number of para-hydroxylation sites is 1. The summed E-state index contributed by atoms with van der Waals surface area (Å²) in [5, 5.41) is 14.0. The van der Waals surface area contributed by atoms with Crippen molar-refractivity contribution in [1.29, 1.82) is 5.41 Å². The second kappa shape index (κ2) is 8.85. The number of anilines is 1. The van der Waals surface area contributed by atoms with Crippen LogP contribution in [0.3, 0.4) is 0 Å². The van der Waals surface area contributed by atoms with Gasteiger partial charge < -0.3 is 25.8 Å². The Morgan fingerprint density at radius 3 is 2.73 bits per heavy atom. The van der Waals surface area contributed by atoms with Gasteiger partial charge in [-0.05, 0) is 6.07 Å². The Bertz CT molecular complexity index is 999. The Balaban J connectivity index is 1.63. The Hall–Kier alpha value is -3.56. The number of nitrogens with two attached hydrogens (primary N) is 1. The summed E-state index contributed by atoms with van der Waals surface area (Å²) in [6.07, 6.45) is -1.16. The average Bonchev–Trinajstić information content (AvgIpc) is 2.91. The minimum absolute atomic E-state index is 0.125. The van der Waals surface area contributed by atoms with Crippen molar-refractivity contribution in [1.82, 2.24) is 5.32 Å². The summed E-state index contributed by atoms with van der Waals surface area (Å²) in [4.78, 5) is 21.5. The van der Waals surface area contributed by atoms with Gasteiger partial charge >= 0.3 is 0 Å². The van der Waals surface area contributed by atoms with Gasteiger partial charge in [0, 0.05) is 17.7 Å². The Morgan fingerprint density at radius 1 is 1.20 bits per heavy atom. The molecule has 1 amide bonds. The number of rotatable bonds is 3. The third-order valence-corrected chi connectivity index (χ3v) is 4.68. The van der Waals surface area contributed by atoms with Crippen molar-refractivity contribution in [2.75, 3.05) is 25.1 Å². The number of carbonyl (C=O) groups is 1. The van der Waals surface area contributed by atoms with E-state index >= 15 is 0 Å². The molecule has 2 aliphatic heterocycles. The molecule has 2 unspecified atom stereocenters. The molecule has 1 fully saturated rings. The van der Waals surface area contributed by atoms with Crippen LogP contribution in [0.25, 0.3) is 0 Å². The molecular weight excluding hydrogens is 384 g/mol. The number of nitrogens with one attached hydrogen (secondary N) is 3. The molecule has 9 heteroatoms. The van der Waals surface area contributed by atoms with Gasteiger partial charge in [0.05, 0.1) is 24.6 Å². The molecule has 154 valence electrons. The third kappa shape index (κ3) is 4.37. The highest BCUT2D eigenvalue weighted by atomic mass is 16.5. The number of benzodiazepines with no additional fused rings is 1. The first-order valence-electron chi connectivity index (χ1n) is 9.56. The van der Waals surface area contributed by atoms with Gasteiger partial charge in [0.2, 0.25) is 12.1 Å². The molecule has 5 N–H and O–H groups in total. The van der Waals surface area contributed by atoms with Crippen molar-refractivity contribution in [3.05, 3.63) is 65.7 Å². The van der Waals surface area contributed by atoms with E-state index in [1.165, 1.54) is 0 Å². The van der Waals surface area contributed by atoms with E-state index in [0.29, 0.717) is 31.2 Å². The van der Waals surface area contributed by atoms with E-state index < -0.39 is 18.1 Å². The van der Waals surface area contributed by atoms with Crippen LogP contribution in [0, 0.1) is 5.41 Å². The third-order valence-electron chi connectivity index (χ3n) is 4.68. The predicted octanol–water partition coefficient (Wildman–Crippen LogP) is 1.10. The zero-order valence-corrected chi connectivity index (χ0v) is 16.2. The quantitative estimate of drug-likeness (QED) is 0.447. The first-order valence-corrected chi connectivity index (χ1v) is 9.56. The molecule has 0 saturated carbocycles. The zero-order chi connectivity index (χ0) is 20.9. The van der Waals surface area contributed by atoms with Crippen LogP contribution in [0.1, 0.15) is 11.1 Å². The van der Waals surface area contributed by atoms with Gasteiger partial charge in [-0.3, -0.25) is 10.2 Å². The molecule has 0 aliphatic carbocycles. The number of nitrogens with zero attached hydrogens (tertiary/aromatic N) is 2. The highest BCUT2D eigenvalue weighted by Gasteiger charge is 2.26. The Morgan fingerprint density at radius 2 is 1.97 bits per heavy atom. The van der Waals surface area contributed by atoms with Crippen LogP contribution in [0.15, 0.2) is 64.6 Å². The number of amidine groups is 1. The molecule has 2 aromatic carbocycles. The summed E-state index contributed by atoms with van der Waals surface area (Å²) in [6.45, 7) is 1.50. The van der Waals surface area contributed by atoms with E-state index in [9.17, 15) is 4.79 Å². The molecule has 0 bridgehead atoms. The van der Waals surface area contributed by atoms with E-state index in [1.54, 1.807) is 0 Å². The maximum atomic E-state index is 12.8. The van der Waals surface area contributed by atoms with Crippen molar-refractivity contribution >= 4 is 29.2 Å². The van der Waals surface area contributed by atoms with Crippen molar-refractivity contribution in [3.63, 3.8) is 0 Å². The first kappa shape index (κ1) is 19.7. The SMILES string of the molecule is N=C(OC(N)=NC1N=C(c2ccccc2)c2ccccc2NC1=O)C1COCCN1. The van der Waals surface area contributed by atoms with E-state index in [0.717, 1.165) is 11.1 Å². The molecule has 2 aliphatic rings. The highest BCUT2D eigenvalue weighted by Crippen LogP contribution is 2.24. The van der Waals surface area contributed by atoms with Gasteiger partial charge in [0.15, 0.2) is 0 Å². The number of fused-ring (bicyclic) bond motifs is 1. The molecule has 2 heterocycles. The molecule has 0 aromatic heterocycles. The molecular formula is C21H22N6O3. The molecule has 2 atom stereocenters. The molecule has 1 saturated heterocycles. The Labute approximate surface area is 173 Å². The van der Waals surface area contributed by atoms with Crippen LogP contribution in [0.4, 0.5) is 5.69 Å². The fourth-order valence-corrected chi connectivity index (χ4v) is 3.22. The normalized spacial score (nSPS) is 21.7. The van der Waals surface area contributed by atoms with Crippen LogP contribution >= 0.6 is 0 Å². The fourth-order valence-electron chi connectivity index (χ4n) is 3.22. The first-order chi connectivity index (χ1) is 14.6. The smallest absolute Gasteiger partial charge is 0.291 e. The van der Waals surface area contributed by atoms with Gasteiger partial charge in [0.25, 0.3) is 11.9 Å². The van der Waals surface area contributed by atoms with Gasteiger partial charge in [0.1, 0.15) is 6.04 Å². The van der Waals surface area contributed by atoms with Crippen molar-refractivity contribution in [3.8, 4) is 0 Å². The van der Waals surface area contributed by atoms with Crippen molar-refractivity contribution < 1.29 is 14.3 Å². The lowest BCUT2D eigenvalue weighted by Gasteiger charge is -2.23. The topological polar surface area (TPSA) is 134 Å². The van der Waals surface area contributed by atoms with E-state index in [4.69, 9.17) is 20.6 Å². The molecule has 4 rings (SSSR count). The van der Waals surface area contributed by atoms with E-state index in [-0.39, 0.29) is 11.9 Å². The van der Waals surface area contributed by atoms with Crippen LogP contribution in [-0.4, -0.2) is 55.5 Å². The summed E-state index contributed by atoms with van der Waals surface area (Å²) in [5.41, 5.74) is 8.76. The fraction of sp³-hybridized carbons (Fsp3) is 0.238. The van der Waals surface area contributed by atoms with Crippen LogP contribution in [-0.2, 0) is 14.3 Å². The summed E-state index contributed by atoms with van der Waals surface area (Å²) < 4.78 is 10.6. The predicted molar refractivity (Wildman–Crippen MR) is 114 cm³/mol. The van der Waals surface area contributed by atoms with E-state index in [1.807, 2.05) is 54.6 Å². The number of aliphatic imine (C=N–C) groups is 2. The van der Waals surface area contributed by atoms with Crippen LogP contribution in [0.5, 0.6) is 0 Å². The van der Waals surface area contributed by atoms with Crippen molar-refractivity contribution in [2.24, 2.45) is 15.7 Å².